The molecule has 0 saturated carbocycles. The van der Waals surface area contributed by atoms with Crippen LogP contribution in [-0.4, -0.2) is 39.7 Å². The lowest BCUT2D eigenvalue weighted by Gasteiger charge is -2.18. The van der Waals surface area contributed by atoms with Gasteiger partial charge in [0.2, 0.25) is 11.4 Å². The second-order valence-corrected chi connectivity index (χ2v) is 7.80. The lowest BCUT2D eigenvalue weighted by atomic mass is 10.2. The van der Waals surface area contributed by atoms with Gasteiger partial charge in [-0.15, -0.1) is 0 Å². The SMILES string of the molecule is CN(Cc1nsc(NC(=O)NCc2cccc(F)c2)n1)C(=O)OC1Cc2ccccc2O1. The molecule has 4 rings (SSSR count). The Hall–Kier alpha value is -3.73. The van der Waals surface area contributed by atoms with Crippen molar-refractivity contribution in [1.29, 1.82) is 0 Å². The zero-order chi connectivity index (χ0) is 22.5. The van der Waals surface area contributed by atoms with Gasteiger partial charge in [0.05, 0.1) is 13.0 Å². The normalized spacial score (nSPS) is 14.2. The van der Waals surface area contributed by atoms with E-state index in [4.69, 9.17) is 9.47 Å². The maximum Gasteiger partial charge on any atom is 0.413 e. The van der Waals surface area contributed by atoms with Crippen molar-refractivity contribution in [3.8, 4) is 5.75 Å². The van der Waals surface area contributed by atoms with Gasteiger partial charge in [-0.05, 0) is 23.8 Å². The number of fused-ring (bicyclic) bond motifs is 1. The van der Waals surface area contributed by atoms with Gasteiger partial charge in [0.15, 0.2) is 5.82 Å². The van der Waals surface area contributed by atoms with Crippen LogP contribution in [0.2, 0.25) is 0 Å². The van der Waals surface area contributed by atoms with Gasteiger partial charge < -0.3 is 19.7 Å². The van der Waals surface area contributed by atoms with E-state index in [9.17, 15) is 14.0 Å². The molecule has 0 radical (unpaired) electrons. The average Bonchev–Trinajstić information content (AvgIpc) is 3.38. The highest BCUT2D eigenvalue weighted by Crippen LogP contribution is 2.28. The minimum absolute atomic E-state index is 0.0988. The van der Waals surface area contributed by atoms with Crippen molar-refractivity contribution in [2.75, 3.05) is 12.4 Å². The van der Waals surface area contributed by atoms with E-state index in [1.807, 2.05) is 24.3 Å². The second-order valence-electron chi connectivity index (χ2n) is 7.05. The molecule has 2 aromatic carbocycles. The molecular weight excluding hydrogens is 437 g/mol. The number of halogens is 1. The summed E-state index contributed by atoms with van der Waals surface area (Å²) in [5.41, 5.74) is 1.62. The molecule has 0 saturated heterocycles. The maximum atomic E-state index is 13.2. The zero-order valence-corrected chi connectivity index (χ0v) is 17.9. The van der Waals surface area contributed by atoms with Gasteiger partial charge in [-0.25, -0.2) is 19.0 Å². The van der Waals surface area contributed by atoms with Crippen molar-refractivity contribution >= 4 is 28.8 Å². The van der Waals surface area contributed by atoms with Crippen LogP contribution >= 0.6 is 11.5 Å². The number of carbonyl (C=O) groups excluding carboxylic acids is 2. The number of para-hydroxylation sites is 1. The highest BCUT2D eigenvalue weighted by Gasteiger charge is 2.27. The molecule has 1 aliphatic rings. The second kappa shape index (κ2) is 9.60. The van der Waals surface area contributed by atoms with Crippen molar-refractivity contribution in [1.82, 2.24) is 19.6 Å². The summed E-state index contributed by atoms with van der Waals surface area (Å²) >= 11 is 0.984. The molecule has 1 aromatic heterocycles. The molecule has 3 amide bonds. The van der Waals surface area contributed by atoms with Crippen LogP contribution in [0.1, 0.15) is 17.0 Å². The molecule has 166 valence electrons. The van der Waals surface area contributed by atoms with Crippen LogP contribution in [0.25, 0.3) is 0 Å². The van der Waals surface area contributed by atoms with Crippen molar-refractivity contribution < 1.29 is 23.5 Å². The number of hydrogen-bond donors (Lipinski definition) is 2. The van der Waals surface area contributed by atoms with E-state index < -0.39 is 18.4 Å². The first-order valence-electron chi connectivity index (χ1n) is 9.74. The molecular formula is C21H20FN5O4S. The summed E-state index contributed by atoms with van der Waals surface area (Å²) in [6.07, 6.45) is -0.756. The number of hydrogen-bond acceptors (Lipinski definition) is 7. The van der Waals surface area contributed by atoms with E-state index >= 15 is 0 Å². The highest BCUT2D eigenvalue weighted by molar-refractivity contribution is 7.09. The van der Waals surface area contributed by atoms with Gasteiger partial charge in [0, 0.05) is 30.7 Å². The van der Waals surface area contributed by atoms with Gasteiger partial charge in [-0.1, -0.05) is 30.3 Å². The fourth-order valence-electron chi connectivity index (χ4n) is 3.03. The first kappa shape index (κ1) is 21.5. The van der Waals surface area contributed by atoms with Gasteiger partial charge in [0.25, 0.3) is 0 Å². The Bertz CT molecular complexity index is 1100. The van der Waals surface area contributed by atoms with Crippen LogP contribution in [0.3, 0.4) is 0 Å². The van der Waals surface area contributed by atoms with E-state index in [1.165, 1.54) is 17.0 Å². The number of carbonyl (C=O) groups is 2. The largest absolute Gasteiger partial charge is 0.454 e. The molecule has 9 nitrogen and oxygen atoms in total. The van der Waals surface area contributed by atoms with Gasteiger partial charge in [0.1, 0.15) is 11.6 Å². The molecule has 11 heteroatoms. The van der Waals surface area contributed by atoms with Crippen LogP contribution in [-0.2, 0) is 24.2 Å². The minimum atomic E-state index is -0.676. The first-order valence-corrected chi connectivity index (χ1v) is 10.5. The van der Waals surface area contributed by atoms with E-state index in [0.717, 1.165) is 17.1 Å². The third-order valence-corrected chi connectivity index (χ3v) is 5.24. The van der Waals surface area contributed by atoms with Crippen LogP contribution in [0.5, 0.6) is 5.75 Å². The van der Waals surface area contributed by atoms with E-state index in [0.29, 0.717) is 23.6 Å². The summed E-state index contributed by atoms with van der Waals surface area (Å²) in [5, 5.41) is 5.45. The number of amides is 3. The number of ether oxygens (including phenoxy) is 2. The van der Waals surface area contributed by atoms with Crippen LogP contribution in [0.15, 0.2) is 48.5 Å². The molecule has 0 fully saturated rings. The number of aromatic nitrogens is 2. The molecule has 0 spiro atoms. The summed E-state index contributed by atoms with van der Waals surface area (Å²) in [7, 11) is 1.56. The topological polar surface area (TPSA) is 106 Å². The Morgan fingerprint density at radius 1 is 1.28 bits per heavy atom. The number of nitrogens with one attached hydrogen (secondary N) is 2. The molecule has 1 aliphatic heterocycles. The summed E-state index contributed by atoms with van der Waals surface area (Å²) < 4.78 is 28.3. The first-order chi connectivity index (χ1) is 15.5. The highest BCUT2D eigenvalue weighted by atomic mass is 32.1. The lowest BCUT2D eigenvalue weighted by Crippen LogP contribution is -2.32. The van der Waals surface area contributed by atoms with Gasteiger partial charge in [-0.3, -0.25) is 5.32 Å². The molecule has 0 bridgehead atoms. The smallest absolute Gasteiger partial charge is 0.413 e. The zero-order valence-electron chi connectivity index (χ0n) is 17.1. The molecule has 1 unspecified atom stereocenters. The monoisotopic (exact) mass is 457 g/mol. The molecule has 2 N–H and O–H groups in total. The van der Waals surface area contributed by atoms with Crippen molar-refractivity contribution in [2.45, 2.75) is 25.8 Å². The van der Waals surface area contributed by atoms with Crippen molar-refractivity contribution in [2.24, 2.45) is 0 Å². The van der Waals surface area contributed by atoms with E-state index in [2.05, 4.69) is 20.0 Å². The van der Waals surface area contributed by atoms with Crippen LogP contribution in [0.4, 0.5) is 19.1 Å². The maximum absolute atomic E-state index is 13.2. The Balaban J connectivity index is 1.22. The predicted molar refractivity (Wildman–Crippen MR) is 115 cm³/mol. The Labute approximate surface area is 187 Å². The van der Waals surface area contributed by atoms with Gasteiger partial charge >= 0.3 is 12.1 Å². The summed E-state index contributed by atoms with van der Waals surface area (Å²) in [5.74, 6) is 0.691. The average molecular weight is 457 g/mol. The third kappa shape index (κ3) is 5.49. The number of anilines is 1. The van der Waals surface area contributed by atoms with Crippen LogP contribution in [0, 0.1) is 5.82 Å². The van der Waals surface area contributed by atoms with E-state index in [1.54, 1.807) is 19.2 Å². The third-order valence-electron chi connectivity index (χ3n) is 4.57. The van der Waals surface area contributed by atoms with Crippen molar-refractivity contribution in [3.63, 3.8) is 0 Å². The Morgan fingerprint density at radius 3 is 2.94 bits per heavy atom. The Kier molecular flexibility index (Phi) is 6.45. The fraction of sp³-hybridized carbons (Fsp3) is 0.238. The standard InChI is InChI=1S/C21H20FN5O4S/c1-27(21(29)31-18-10-14-6-2-3-8-16(14)30-18)12-17-24-20(32-26-17)25-19(28)23-11-13-5-4-7-15(22)9-13/h2-9,18H,10-12H2,1H3,(H2,23,24,25,26,28). The summed E-state index contributed by atoms with van der Waals surface area (Å²) in [6, 6.07) is 13.0. The quantitative estimate of drug-likeness (QED) is 0.587. The molecule has 0 aliphatic carbocycles. The van der Waals surface area contributed by atoms with E-state index in [-0.39, 0.29) is 24.0 Å². The minimum Gasteiger partial charge on any atom is -0.454 e. The van der Waals surface area contributed by atoms with Crippen LogP contribution < -0.4 is 15.4 Å². The fourth-order valence-corrected chi connectivity index (χ4v) is 3.61. The molecule has 3 aromatic rings. The predicted octanol–water partition coefficient (Wildman–Crippen LogP) is 3.53. The number of nitrogens with zero attached hydrogens (tertiary/aromatic N) is 3. The molecule has 1 atom stereocenters. The molecule has 32 heavy (non-hydrogen) atoms. The summed E-state index contributed by atoms with van der Waals surface area (Å²) in [4.78, 5) is 29.9. The van der Waals surface area contributed by atoms with Crippen molar-refractivity contribution in [3.05, 3.63) is 71.3 Å². The number of benzene rings is 2. The Morgan fingerprint density at radius 2 is 2.12 bits per heavy atom. The summed E-state index contributed by atoms with van der Waals surface area (Å²) in [6.45, 7) is 0.262. The number of urea groups is 1. The number of rotatable bonds is 6. The molecule has 2 heterocycles. The van der Waals surface area contributed by atoms with Gasteiger partial charge in [-0.2, -0.15) is 4.37 Å². The lowest BCUT2D eigenvalue weighted by molar-refractivity contribution is -0.0305.